The fourth-order valence-corrected chi connectivity index (χ4v) is 2.13. The summed E-state index contributed by atoms with van der Waals surface area (Å²) < 4.78 is 4.59. The molecule has 2 heterocycles. The molecule has 1 aliphatic rings. The molecule has 1 unspecified atom stereocenters. The molecule has 0 bridgehead atoms. The van der Waals surface area contributed by atoms with Crippen LogP contribution in [-0.4, -0.2) is 35.9 Å². The van der Waals surface area contributed by atoms with Crippen LogP contribution in [0.3, 0.4) is 0 Å². The van der Waals surface area contributed by atoms with E-state index in [-0.39, 0.29) is 5.69 Å². The maximum atomic E-state index is 11.2. The molecule has 1 aliphatic heterocycles. The standard InChI is InChI=1S/C12H17N3O2/c1-9-5-3-4-8-15(9)11-7-6-10(13-14-11)12(16)17-2/h6-7,9H,3-5,8H2,1-2H3. The average molecular weight is 235 g/mol. The Bertz CT molecular complexity index is 391. The van der Waals surface area contributed by atoms with Gasteiger partial charge < -0.3 is 9.64 Å². The third-order valence-corrected chi connectivity index (χ3v) is 3.14. The van der Waals surface area contributed by atoms with Gasteiger partial charge in [-0.15, -0.1) is 10.2 Å². The smallest absolute Gasteiger partial charge is 0.358 e. The second-order valence-corrected chi connectivity index (χ2v) is 4.31. The predicted molar refractivity (Wildman–Crippen MR) is 64.0 cm³/mol. The van der Waals surface area contributed by atoms with Crippen LogP contribution < -0.4 is 4.90 Å². The molecule has 1 aromatic rings. The minimum Gasteiger partial charge on any atom is -0.464 e. The second-order valence-electron chi connectivity index (χ2n) is 4.31. The Labute approximate surface area is 101 Å². The number of anilines is 1. The maximum absolute atomic E-state index is 11.2. The number of aromatic nitrogens is 2. The van der Waals surface area contributed by atoms with Crippen LogP contribution in [0, 0.1) is 0 Å². The number of rotatable bonds is 2. The van der Waals surface area contributed by atoms with Crippen LogP contribution in [0.4, 0.5) is 5.82 Å². The number of carbonyl (C=O) groups excluding carboxylic acids is 1. The molecule has 1 aromatic heterocycles. The summed E-state index contributed by atoms with van der Waals surface area (Å²) in [4.78, 5) is 13.5. The molecule has 17 heavy (non-hydrogen) atoms. The first-order chi connectivity index (χ1) is 8.22. The van der Waals surface area contributed by atoms with E-state index < -0.39 is 5.97 Å². The van der Waals surface area contributed by atoms with Crippen LogP contribution >= 0.6 is 0 Å². The molecule has 0 spiro atoms. The molecule has 0 radical (unpaired) electrons. The van der Waals surface area contributed by atoms with Gasteiger partial charge in [0, 0.05) is 12.6 Å². The number of piperidine rings is 1. The van der Waals surface area contributed by atoms with Crippen molar-refractivity contribution in [1.82, 2.24) is 10.2 Å². The van der Waals surface area contributed by atoms with Crippen LogP contribution in [0.1, 0.15) is 36.7 Å². The molecule has 0 N–H and O–H groups in total. The summed E-state index contributed by atoms with van der Waals surface area (Å²) in [5.41, 5.74) is 0.251. The first kappa shape index (κ1) is 11.8. The van der Waals surface area contributed by atoms with E-state index in [9.17, 15) is 4.79 Å². The van der Waals surface area contributed by atoms with Gasteiger partial charge in [-0.3, -0.25) is 0 Å². The van der Waals surface area contributed by atoms with Gasteiger partial charge in [-0.1, -0.05) is 0 Å². The van der Waals surface area contributed by atoms with Crippen molar-refractivity contribution < 1.29 is 9.53 Å². The zero-order valence-corrected chi connectivity index (χ0v) is 10.2. The molecule has 5 nitrogen and oxygen atoms in total. The van der Waals surface area contributed by atoms with Gasteiger partial charge in [-0.05, 0) is 38.3 Å². The molecular weight excluding hydrogens is 218 g/mol. The molecule has 1 fully saturated rings. The van der Waals surface area contributed by atoms with Crippen molar-refractivity contribution in [3.8, 4) is 0 Å². The van der Waals surface area contributed by atoms with Crippen molar-refractivity contribution in [2.24, 2.45) is 0 Å². The summed E-state index contributed by atoms with van der Waals surface area (Å²) in [6, 6.07) is 3.98. The summed E-state index contributed by atoms with van der Waals surface area (Å²) in [6.07, 6.45) is 3.64. The van der Waals surface area contributed by atoms with Crippen molar-refractivity contribution in [3.05, 3.63) is 17.8 Å². The third kappa shape index (κ3) is 2.54. The molecule has 1 saturated heterocycles. The Morgan fingerprint density at radius 1 is 1.41 bits per heavy atom. The number of nitrogens with zero attached hydrogens (tertiary/aromatic N) is 3. The van der Waals surface area contributed by atoms with Crippen molar-refractivity contribution >= 4 is 11.8 Å². The predicted octanol–water partition coefficient (Wildman–Crippen LogP) is 1.64. The SMILES string of the molecule is COC(=O)c1ccc(N2CCCCC2C)nn1. The molecule has 0 saturated carbocycles. The van der Waals surface area contributed by atoms with Gasteiger partial charge in [0.25, 0.3) is 0 Å². The first-order valence-corrected chi connectivity index (χ1v) is 5.91. The molecule has 1 atom stereocenters. The highest BCUT2D eigenvalue weighted by molar-refractivity contribution is 5.86. The topological polar surface area (TPSA) is 55.3 Å². The van der Waals surface area contributed by atoms with E-state index in [2.05, 4.69) is 26.8 Å². The Hall–Kier alpha value is -1.65. The maximum Gasteiger partial charge on any atom is 0.358 e. The van der Waals surface area contributed by atoms with Crippen LogP contribution in [0.15, 0.2) is 12.1 Å². The summed E-state index contributed by atoms with van der Waals surface area (Å²) in [5, 5.41) is 7.99. The van der Waals surface area contributed by atoms with E-state index in [1.807, 2.05) is 6.07 Å². The van der Waals surface area contributed by atoms with Gasteiger partial charge in [0.15, 0.2) is 11.5 Å². The summed E-state index contributed by atoms with van der Waals surface area (Å²) in [7, 11) is 1.34. The molecule has 0 amide bonds. The van der Waals surface area contributed by atoms with E-state index in [4.69, 9.17) is 0 Å². The molecule has 2 rings (SSSR count). The van der Waals surface area contributed by atoms with E-state index in [1.165, 1.54) is 26.4 Å². The largest absolute Gasteiger partial charge is 0.464 e. The number of hydrogen-bond donors (Lipinski definition) is 0. The minimum absolute atomic E-state index is 0.251. The number of ether oxygens (including phenoxy) is 1. The van der Waals surface area contributed by atoms with E-state index in [0.29, 0.717) is 6.04 Å². The van der Waals surface area contributed by atoms with Crippen molar-refractivity contribution in [2.45, 2.75) is 32.2 Å². The fraction of sp³-hybridized carbons (Fsp3) is 0.583. The van der Waals surface area contributed by atoms with Gasteiger partial charge in [0.1, 0.15) is 0 Å². The number of methoxy groups -OCH3 is 1. The normalized spacial score (nSPS) is 20.1. The summed E-state index contributed by atoms with van der Waals surface area (Å²) in [5.74, 6) is 0.389. The van der Waals surface area contributed by atoms with Gasteiger partial charge in [-0.2, -0.15) is 0 Å². The highest BCUT2D eigenvalue weighted by Crippen LogP contribution is 2.22. The highest BCUT2D eigenvalue weighted by Gasteiger charge is 2.20. The molecule has 0 aromatic carbocycles. The highest BCUT2D eigenvalue weighted by atomic mass is 16.5. The molecule has 92 valence electrons. The van der Waals surface area contributed by atoms with Gasteiger partial charge >= 0.3 is 5.97 Å². The average Bonchev–Trinajstić information content (AvgIpc) is 2.39. The van der Waals surface area contributed by atoms with Gasteiger partial charge in [0.05, 0.1) is 7.11 Å². The van der Waals surface area contributed by atoms with Crippen molar-refractivity contribution in [2.75, 3.05) is 18.6 Å². The van der Waals surface area contributed by atoms with Crippen LogP contribution in [0.25, 0.3) is 0 Å². The van der Waals surface area contributed by atoms with E-state index in [1.54, 1.807) is 6.07 Å². The minimum atomic E-state index is -0.448. The second kappa shape index (κ2) is 5.12. The quantitative estimate of drug-likeness (QED) is 0.729. The summed E-state index contributed by atoms with van der Waals surface area (Å²) >= 11 is 0. The monoisotopic (exact) mass is 235 g/mol. The number of esters is 1. The summed E-state index contributed by atoms with van der Waals surface area (Å²) in [6.45, 7) is 3.20. The van der Waals surface area contributed by atoms with Crippen molar-refractivity contribution in [1.29, 1.82) is 0 Å². The van der Waals surface area contributed by atoms with E-state index >= 15 is 0 Å². The van der Waals surface area contributed by atoms with Crippen LogP contribution in [0.5, 0.6) is 0 Å². The lowest BCUT2D eigenvalue weighted by Gasteiger charge is -2.33. The molecule has 0 aliphatic carbocycles. The lowest BCUT2D eigenvalue weighted by atomic mass is 10.0. The Morgan fingerprint density at radius 3 is 2.82 bits per heavy atom. The van der Waals surface area contributed by atoms with Gasteiger partial charge in [-0.25, -0.2) is 4.79 Å². The number of carbonyl (C=O) groups is 1. The molecule has 5 heteroatoms. The van der Waals surface area contributed by atoms with Crippen LogP contribution in [0.2, 0.25) is 0 Å². The Kier molecular flexibility index (Phi) is 3.56. The lowest BCUT2D eigenvalue weighted by molar-refractivity contribution is 0.0592. The van der Waals surface area contributed by atoms with Gasteiger partial charge in [0.2, 0.25) is 0 Å². The zero-order valence-electron chi connectivity index (χ0n) is 10.2. The Balaban J connectivity index is 2.14. The van der Waals surface area contributed by atoms with Crippen LogP contribution in [-0.2, 0) is 4.74 Å². The fourth-order valence-electron chi connectivity index (χ4n) is 2.13. The van der Waals surface area contributed by atoms with E-state index in [0.717, 1.165) is 12.4 Å². The number of hydrogen-bond acceptors (Lipinski definition) is 5. The zero-order chi connectivity index (χ0) is 12.3. The Morgan fingerprint density at radius 2 is 2.24 bits per heavy atom. The molecular formula is C12H17N3O2. The van der Waals surface area contributed by atoms with Crippen molar-refractivity contribution in [3.63, 3.8) is 0 Å². The third-order valence-electron chi connectivity index (χ3n) is 3.14. The first-order valence-electron chi connectivity index (χ1n) is 5.91. The lowest BCUT2D eigenvalue weighted by Crippen LogP contribution is -2.38.